The van der Waals surface area contributed by atoms with Crippen LogP contribution in [0.4, 0.5) is 11.4 Å². The quantitative estimate of drug-likeness (QED) is 0.421. The van der Waals surface area contributed by atoms with Crippen molar-refractivity contribution >= 4 is 34.7 Å². The summed E-state index contributed by atoms with van der Waals surface area (Å²) in [5.41, 5.74) is 0.582. The van der Waals surface area contributed by atoms with Crippen LogP contribution in [-0.2, 0) is 4.79 Å². The first-order valence-electron chi connectivity index (χ1n) is 5.00. The number of nitro benzene ring substituents is 1. The molecule has 1 aromatic rings. The van der Waals surface area contributed by atoms with Gasteiger partial charge in [-0.3, -0.25) is 14.9 Å². The Kier molecular flexibility index (Phi) is 5.00. The summed E-state index contributed by atoms with van der Waals surface area (Å²) in [7, 11) is 0. The third-order valence-corrected chi connectivity index (χ3v) is 2.21. The summed E-state index contributed by atoms with van der Waals surface area (Å²) in [6.45, 7) is 0.216. The highest BCUT2D eigenvalue weighted by molar-refractivity contribution is 7.80. The average molecular weight is 269 g/mol. The van der Waals surface area contributed by atoms with Gasteiger partial charge in [-0.2, -0.15) is 0 Å². The van der Waals surface area contributed by atoms with Crippen molar-refractivity contribution in [3.05, 3.63) is 34.4 Å². The van der Waals surface area contributed by atoms with Crippen LogP contribution in [0.2, 0.25) is 0 Å². The van der Waals surface area contributed by atoms with Crippen molar-refractivity contribution < 1.29 is 14.8 Å². The lowest BCUT2D eigenvalue weighted by Gasteiger charge is -2.09. The average Bonchev–Trinajstić information content (AvgIpc) is 2.29. The second kappa shape index (κ2) is 6.50. The third kappa shape index (κ3) is 4.74. The molecule has 0 aliphatic carbocycles. The molecule has 0 saturated heterocycles. The van der Waals surface area contributed by atoms with Gasteiger partial charge in [0.05, 0.1) is 11.3 Å². The minimum atomic E-state index is -0.916. The molecule has 0 spiro atoms. The molecule has 0 saturated carbocycles. The second-order valence-corrected chi connectivity index (χ2v) is 3.74. The lowest BCUT2D eigenvalue weighted by atomic mass is 10.3. The van der Waals surface area contributed by atoms with Crippen LogP contribution >= 0.6 is 12.2 Å². The highest BCUT2D eigenvalue weighted by atomic mass is 32.1. The van der Waals surface area contributed by atoms with Gasteiger partial charge in [-0.25, -0.2) is 0 Å². The zero-order valence-electron chi connectivity index (χ0n) is 9.25. The number of anilines is 1. The topological polar surface area (TPSA) is 104 Å². The smallest absolute Gasteiger partial charge is 0.305 e. The predicted molar refractivity (Wildman–Crippen MR) is 69.6 cm³/mol. The summed E-state index contributed by atoms with van der Waals surface area (Å²) in [5.74, 6) is -0.916. The van der Waals surface area contributed by atoms with Crippen molar-refractivity contribution in [3.8, 4) is 0 Å². The van der Waals surface area contributed by atoms with E-state index in [1.807, 2.05) is 0 Å². The van der Waals surface area contributed by atoms with Crippen molar-refractivity contribution in [3.63, 3.8) is 0 Å². The molecule has 3 N–H and O–H groups in total. The van der Waals surface area contributed by atoms with Gasteiger partial charge in [0.2, 0.25) is 0 Å². The highest BCUT2D eigenvalue weighted by Crippen LogP contribution is 2.15. The number of hydrogen-bond acceptors (Lipinski definition) is 4. The van der Waals surface area contributed by atoms with Crippen LogP contribution in [0.1, 0.15) is 6.42 Å². The van der Waals surface area contributed by atoms with Crippen LogP contribution in [0, 0.1) is 10.1 Å². The Labute approximate surface area is 108 Å². The minimum absolute atomic E-state index is 0.00898. The summed E-state index contributed by atoms with van der Waals surface area (Å²) in [4.78, 5) is 20.2. The Morgan fingerprint density at radius 3 is 2.50 bits per heavy atom. The van der Waals surface area contributed by atoms with Crippen molar-refractivity contribution in [1.82, 2.24) is 5.32 Å². The molecule has 1 aromatic carbocycles. The molecule has 96 valence electrons. The molecule has 8 heteroatoms. The Hall–Kier alpha value is -2.22. The van der Waals surface area contributed by atoms with Gasteiger partial charge in [-0.15, -0.1) is 0 Å². The number of carbonyl (C=O) groups is 1. The number of thiocarbonyl (C=S) groups is 1. The number of rotatable bonds is 5. The number of nitrogens with one attached hydrogen (secondary N) is 2. The van der Waals surface area contributed by atoms with E-state index in [1.165, 1.54) is 24.3 Å². The van der Waals surface area contributed by atoms with E-state index >= 15 is 0 Å². The fraction of sp³-hybridized carbons (Fsp3) is 0.200. The molecule has 18 heavy (non-hydrogen) atoms. The monoisotopic (exact) mass is 269 g/mol. The number of nitro groups is 1. The lowest BCUT2D eigenvalue weighted by Crippen LogP contribution is -2.30. The van der Waals surface area contributed by atoms with E-state index in [0.29, 0.717) is 5.69 Å². The van der Waals surface area contributed by atoms with E-state index in [2.05, 4.69) is 10.6 Å². The summed E-state index contributed by atoms with van der Waals surface area (Å²) < 4.78 is 0. The fourth-order valence-electron chi connectivity index (χ4n) is 1.12. The highest BCUT2D eigenvalue weighted by Gasteiger charge is 2.04. The molecule has 0 radical (unpaired) electrons. The van der Waals surface area contributed by atoms with Gasteiger partial charge in [-0.1, -0.05) is 0 Å². The first kappa shape index (κ1) is 13.8. The number of carboxylic acids is 1. The van der Waals surface area contributed by atoms with Gasteiger partial charge >= 0.3 is 5.97 Å². The van der Waals surface area contributed by atoms with Gasteiger partial charge in [0.25, 0.3) is 5.69 Å². The van der Waals surface area contributed by atoms with Gasteiger partial charge in [0, 0.05) is 24.4 Å². The Balaban J connectivity index is 2.44. The fourth-order valence-corrected chi connectivity index (χ4v) is 1.34. The first-order chi connectivity index (χ1) is 8.49. The molecule has 0 atom stereocenters. The van der Waals surface area contributed by atoms with E-state index in [4.69, 9.17) is 17.3 Å². The zero-order chi connectivity index (χ0) is 13.5. The van der Waals surface area contributed by atoms with E-state index in [0.717, 1.165) is 0 Å². The standard InChI is InChI=1S/C10H11N3O4S/c14-9(15)5-6-11-10(18)12-7-1-3-8(4-2-7)13(16)17/h1-4H,5-6H2,(H,14,15)(H2,11,12,18). The van der Waals surface area contributed by atoms with Crippen LogP contribution in [0.25, 0.3) is 0 Å². The zero-order valence-corrected chi connectivity index (χ0v) is 10.1. The van der Waals surface area contributed by atoms with Crippen LogP contribution < -0.4 is 10.6 Å². The maximum atomic E-state index is 10.4. The maximum Gasteiger partial charge on any atom is 0.305 e. The van der Waals surface area contributed by atoms with Crippen LogP contribution in [0.5, 0.6) is 0 Å². The number of carboxylic acid groups (broad SMARTS) is 1. The van der Waals surface area contributed by atoms with Gasteiger partial charge in [0.15, 0.2) is 5.11 Å². The predicted octanol–water partition coefficient (Wildman–Crippen LogP) is 1.36. The van der Waals surface area contributed by atoms with Gasteiger partial charge in [-0.05, 0) is 24.4 Å². The molecule has 7 nitrogen and oxygen atoms in total. The van der Waals surface area contributed by atoms with E-state index in [9.17, 15) is 14.9 Å². The summed E-state index contributed by atoms with van der Waals surface area (Å²) in [6, 6.07) is 5.73. The van der Waals surface area contributed by atoms with Gasteiger partial charge in [0.1, 0.15) is 0 Å². The van der Waals surface area contributed by atoms with E-state index in [-0.39, 0.29) is 23.8 Å². The Morgan fingerprint density at radius 2 is 2.00 bits per heavy atom. The normalized spacial score (nSPS) is 9.56. The van der Waals surface area contributed by atoms with Crippen molar-refractivity contribution in [2.75, 3.05) is 11.9 Å². The van der Waals surface area contributed by atoms with Crippen LogP contribution in [0.3, 0.4) is 0 Å². The summed E-state index contributed by atoms with van der Waals surface area (Å²) in [5, 5.41) is 24.6. The Bertz CT molecular complexity index is 461. The summed E-state index contributed by atoms with van der Waals surface area (Å²) in [6.07, 6.45) is -0.0396. The Morgan fingerprint density at radius 1 is 1.39 bits per heavy atom. The minimum Gasteiger partial charge on any atom is -0.481 e. The first-order valence-corrected chi connectivity index (χ1v) is 5.41. The van der Waals surface area contributed by atoms with Crippen LogP contribution in [0.15, 0.2) is 24.3 Å². The molecule has 0 unspecified atom stereocenters. The number of non-ortho nitro benzene ring substituents is 1. The molecular weight excluding hydrogens is 258 g/mol. The van der Waals surface area contributed by atoms with Crippen LogP contribution in [-0.4, -0.2) is 27.7 Å². The molecule has 0 heterocycles. The molecule has 0 aromatic heterocycles. The molecular formula is C10H11N3O4S. The lowest BCUT2D eigenvalue weighted by molar-refractivity contribution is -0.384. The molecule has 0 bridgehead atoms. The molecule has 0 fully saturated rings. The van der Waals surface area contributed by atoms with Crippen molar-refractivity contribution in [2.24, 2.45) is 0 Å². The molecule has 1 rings (SSSR count). The van der Waals surface area contributed by atoms with Crippen molar-refractivity contribution in [2.45, 2.75) is 6.42 Å². The number of aliphatic carboxylic acids is 1. The molecule has 0 amide bonds. The second-order valence-electron chi connectivity index (χ2n) is 3.33. The number of nitrogens with zero attached hydrogens (tertiary/aromatic N) is 1. The third-order valence-electron chi connectivity index (χ3n) is 1.96. The maximum absolute atomic E-state index is 10.4. The summed E-state index contributed by atoms with van der Waals surface area (Å²) >= 11 is 4.92. The van der Waals surface area contributed by atoms with Crippen molar-refractivity contribution in [1.29, 1.82) is 0 Å². The molecule has 0 aliphatic heterocycles. The number of benzene rings is 1. The van der Waals surface area contributed by atoms with E-state index < -0.39 is 10.9 Å². The molecule has 0 aliphatic rings. The van der Waals surface area contributed by atoms with E-state index in [1.54, 1.807) is 0 Å². The largest absolute Gasteiger partial charge is 0.481 e. The number of hydrogen-bond donors (Lipinski definition) is 3. The SMILES string of the molecule is O=C(O)CCNC(=S)Nc1ccc([N+](=O)[O-])cc1. The van der Waals surface area contributed by atoms with Gasteiger partial charge < -0.3 is 15.7 Å².